The molecule has 2 aliphatic heterocycles. The van der Waals surface area contributed by atoms with Crippen LogP contribution in [0.25, 0.3) is 0 Å². The zero-order valence-corrected chi connectivity index (χ0v) is 22.3. The lowest BCUT2D eigenvalue weighted by atomic mass is 9.93. The SMILES string of the molecule is CC(=O)N1CCCCCCCN(CCC(C)C)Cc2cc(C(=O)N3CCC(CCO)CC3)ccc21. The Bertz CT molecular complexity index is 817. The largest absolute Gasteiger partial charge is 0.396 e. The van der Waals surface area contributed by atoms with E-state index < -0.39 is 0 Å². The summed E-state index contributed by atoms with van der Waals surface area (Å²) in [6.07, 6.45) is 9.70. The Balaban J connectivity index is 1.87. The molecule has 0 unspecified atom stereocenters. The fourth-order valence-electron chi connectivity index (χ4n) is 5.43. The van der Waals surface area contributed by atoms with Gasteiger partial charge in [-0.2, -0.15) is 0 Å². The molecule has 2 aliphatic rings. The zero-order valence-electron chi connectivity index (χ0n) is 22.3. The first-order valence-corrected chi connectivity index (χ1v) is 13.9. The molecule has 35 heavy (non-hydrogen) atoms. The lowest BCUT2D eigenvalue weighted by Gasteiger charge is -2.33. The van der Waals surface area contributed by atoms with E-state index in [1.165, 1.54) is 19.3 Å². The summed E-state index contributed by atoms with van der Waals surface area (Å²) in [5, 5.41) is 9.24. The second-order valence-corrected chi connectivity index (χ2v) is 11.0. The first kappa shape index (κ1) is 27.7. The van der Waals surface area contributed by atoms with Crippen molar-refractivity contribution in [3.63, 3.8) is 0 Å². The monoisotopic (exact) mass is 485 g/mol. The minimum absolute atomic E-state index is 0.0714. The minimum atomic E-state index is 0.0714. The molecule has 0 bridgehead atoms. The number of amides is 2. The number of likely N-dealkylation sites (tertiary alicyclic amines) is 1. The Kier molecular flexibility index (Phi) is 11.1. The smallest absolute Gasteiger partial charge is 0.253 e. The molecule has 1 fully saturated rings. The minimum Gasteiger partial charge on any atom is -0.396 e. The average molecular weight is 486 g/mol. The van der Waals surface area contributed by atoms with Crippen molar-refractivity contribution >= 4 is 17.5 Å². The van der Waals surface area contributed by atoms with Gasteiger partial charge in [0.15, 0.2) is 0 Å². The van der Waals surface area contributed by atoms with E-state index >= 15 is 0 Å². The number of aliphatic hydroxyl groups is 1. The van der Waals surface area contributed by atoms with Gasteiger partial charge in [-0.1, -0.05) is 33.1 Å². The lowest BCUT2D eigenvalue weighted by Crippen LogP contribution is -2.39. The molecule has 6 heteroatoms. The maximum absolute atomic E-state index is 13.4. The third-order valence-corrected chi connectivity index (χ3v) is 7.71. The number of fused-ring (bicyclic) bond motifs is 1. The second kappa shape index (κ2) is 14.0. The summed E-state index contributed by atoms with van der Waals surface area (Å²) < 4.78 is 0. The molecule has 1 N–H and O–H groups in total. The van der Waals surface area contributed by atoms with Gasteiger partial charge in [0.2, 0.25) is 5.91 Å². The van der Waals surface area contributed by atoms with E-state index in [0.717, 1.165) is 94.6 Å². The highest BCUT2D eigenvalue weighted by molar-refractivity contribution is 5.97. The third kappa shape index (κ3) is 8.32. The van der Waals surface area contributed by atoms with E-state index in [-0.39, 0.29) is 18.4 Å². The molecule has 0 spiro atoms. The van der Waals surface area contributed by atoms with Gasteiger partial charge in [-0.05, 0) is 87.2 Å². The molecule has 196 valence electrons. The van der Waals surface area contributed by atoms with Crippen molar-refractivity contribution in [1.29, 1.82) is 0 Å². The molecule has 6 nitrogen and oxygen atoms in total. The van der Waals surface area contributed by atoms with Gasteiger partial charge >= 0.3 is 0 Å². The quantitative estimate of drug-likeness (QED) is 0.610. The van der Waals surface area contributed by atoms with Crippen molar-refractivity contribution in [3.8, 4) is 0 Å². The Hall–Kier alpha value is -1.92. The number of piperidine rings is 1. The van der Waals surface area contributed by atoms with E-state index in [4.69, 9.17) is 0 Å². The van der Waals surface area contributed by atoms with Crippen LogP contribution in [-0.4, -0.2) is 66.1 Å². The summed E-state index contributed by atoms with van der Waals surface area (Å²) in [7, 11) is 0. The van der Waals surface area contributed by atoms with Gasteiger partial charge in [-0.25, -0.2) is 0 Å². The average Bonchev–Trinajstić information content (AvgIpc) is 2.83. The van der Waals surface area contributed by atoms with E-state index in [0.29, 0.717) is 11.8 Å². The van der Waals surface area contributed by atoms with Crippen molar-refractivity contribution < 1.29 is 14.7 Å². The summed E-state index contributed by atoms with van der Waals surface area (Å²) in [4.78, 5) is 32.5. The predicted octanol–water partition coefficient (Wildman–Crippen LogP) is 5.09. The normalized spacial score (nSPS) is 19.2. The fourth-order valence-corrected chi connectivity index (χ4v) is 5.43. The molecule has 0 aromatic heterocycles. The maximum atomic E-state index is 13.4. The molecule has 3 rings (SSSR count). The molecule has 1 aromatic carbocycles. The number of carbonyl (C=O) groups is 2. The van der Waals surface area contributed by atoms with Crippen molar-refractivity contribution in [2.45, 2.75) is 85.1 Å². The summed E-state index contributed by atoms with van der Waals surface area (Å²) >= 11 is 0. The van der Waals surface area contributed by atoms with Gasteiger partial charge in [0.05, 0.1) is 0 Å². The molecule has 2 amide bonds. The Morgan fingerprint density at radius 3 is 2.34 bits per heavy atom. The predicted molar refractivity (Wildman–Crippen MR) is 143 cm³/mol. The highest BCUT2D eigenvalue weighted by Crippen LogP contribution is 2.28. The number of rotatable bonds is 6. The summed E-state index contributed by atoms with van der Waals surface area (Å²) in [5.41, 5.74) is 2.78. The molecule has 0 radical (unpaired) electrons. The van der Waals surface area contributed by atoms with E-state index in [2.05, 4.69) is 24.8 Å². The molecular formula is C29H47N3O3. The Labute approximate surface area is 212 Å². The van der Waals surface area contributed by atoms with E-state index in [1.54, 1.807) is 6.92 Å². The van der Waals surface area contributed by atoms with Crippen molar-refractivity contribution in [1.82, 2.24) is 9.80 Å². The van der Waals surface area contributed by atoms with Crippen LogP contribution in [0.5, 0.6) is 0 Å². The van der Waals surface area contributed by atoms with Gasteiger partial charge in [0.1, 0.15) is 0 Å². The molecule has 1 saturated heterocycles. The Morgan fingerprint density at radius 2 is 1.69 bits per heavy atom. The number of benzene rings is 1. The number of nitrogens with zero attached hydrogens (tertiary/aromatic N) is 3. The topological polar surface area (TPSA) is 64.1 Å². The van der Waals surface area contributed by atoms with Crippen molar-refractivity contribution in [2.75, 3.05) is 44.2 Å². The molecule has 0 saturated carbocycles. The fraction of sp³-hybridized carbons (Fsp3) is 0.724. The number of carbonyl (C=O) groups excluding carboxylic acids is 2. The van der Waals surface area contributed by atoms with Crippen LogP contribution in [0.2, 0.25) is 0 Å². The summed E-state index contributed by atoms with van der Waals surface area (Å²) in [6.45, 7) is 11.5. The van der Waals surface area contributed by atoms with Crippen LogP contribution < -0.4 is 4.90 Å². The van der Waals surface area contributed by atoms with Crippen LogP contribution in [0.1, 0.15) is 94.5 Å². The first-order valence-electron chi connectivity index (χ1n) is 13.9. The second-order valence-electron chi connectivity index (χ2n) is 11.0. The number of hydrogen-bond donors (Lipinski definition) is 1. The number of aliphatic hydroxyl groups excluding tert-OH is 1. The molecule has 1 aromatic rings. The van der Waals surface area contributed by atoms with Gasteiger partial charge in [0.25, 0.3) is 5.91 Å². The zero-order chi connectivity index (χ0) is 25.2. The van der Waals surface area contributed by atoms with Crippen LogP contribution in [0.3, 0.4) is 0 Å². The molecule has 2 heterocycles. The maximum Gasteiger partial charge on any atom is 0.253 e. The van der Waals surface area contributed by atoms with E-state index in [1.807, 2.05) is 21.9 Å². The van der Waals surface area contributed by atoms with Crippen LogP contribution in [0.4, 0.5) is 5.69 Å². The van der Waals surface area contributed by atoms with Crippen LogP contribution in [-0.2, 0) is 11.3 Å². The van der Waals surface area contributed by atoms with Crippen molar-refractivity contribution in [3.05, 3.63) is 29.3 Å². The lowest BCUT2D eigenvalue weighted by molar-refractivity contribution is -0.116. The standard InChI is InChI=1S/C29H47N3O3/c1-23(2)11-17-30-15-7-5-4-6-8-16-32(24(3)34)28-10-9-26(21-27(28)22-30)29(35)31-18-12-25(13-19-31)14-20-33/h9-10,21,23,25,33H,4-8,11-20,22H2,1-3H3. The van der Waals surface area contributed by atoms with Crippen molar-refractivity contribution in [2.24, 2.45) is 11.8 Å². The van der Waals surface area contributed by atoms with Crippen LogP contribution in [0.15, 0.2) is 18.2 Å². The highest BCUT2D eigenvalue weighted by Gasteiger charge is 2.25. The van der Waals surface area contributed by atoms with Crippen LogP contribution >= 0.6 is 0 Å². The number of anilines is 1. The number of hydrogen-bond acceptors (Lipinski definition) is 4. The van der Waals surface area contributed by atoms with Gasteiger partial charge in [0, 0.05) is 51.0 Å². The first-order chi connectivity index (χ1) is 16.9. The summed E-state index contributed by atoms with van der Waals surface area (Å²) in [6, 6.07) is 5.98. The van der Waals surface area contributed by atoms with Gasteiger partial charge in [-0.3, -0.25) is 14.5 Å². The molecular weight excluding hydrogens is 438 g/mol. The van der Waals surface area contributed by atoms with E-state index in [9.17, 15) is 14.7 Å². The third-order valence-electron chi connectivity index (χ3n) is 7.71. The highest BCUT2D eigenvalue weighted by atomic mass is 16.3. The molecule has 0 atom stereocenters. The summed E-state index contributed by atoms with van der Waals surface area (Å²) in [5.74, 6) is 1.32. The molecule has 0 aliphatic carbocycles. The Morgan fingerprint density at radius 1 is 1.00 bits per heavy atom. The van der Waals surface area contributed by atoms with Gasteiger partial charge < -0.3 is 14.9 Å². The van der Waals surface area contributed by atoms with Gasteiger partial charge in [-0.15, -0.1) is 0 Å². The van der Waals surface area contributed by atoms with Crippen LogP contribution in [0, 0.1) is 11.8 Å².